The van der Waals surface area contributed by atoms with Gasteiger partial charge in [-0.3, -0.25) is 14.5 Å². The summed E-state index contributed by atoms with van der Waals surface area (Å²) in [4.78, 5) is 35.1. The molecule has 2 amide bonds. The Morgan fingerprint density at radius 1 is 1.09 bits per heavy atom. The zero-order valence-corrected chi connectivity index (χ0v) is 13.3. The van der Waals surface area contributed by atoms with Gasteiger partial charge in [0, 0.05) is 24.5 Å². The highest BCUT2D eigenvalue weighted by Crippen LogP contribution is 2.52. The van der Waals surface area contributed by atoms with Crippen molar-refractivity contribution in [3.8, 4) is 0 Å². The minimum atomic E-state index is -0.116. The third-order valence-corrected chi connectivity index (χ3v) is 5.16. The van der Waals surface area contributed by atoms with Gasteiger partial charge in [-0.05, 0) is 38.2 Å². The van der Waals surface area contributed by atoms with Crippen LogP contribution in [0.4, 0.5) is 5.95 Å². The Labute approximate surface area is 135 Å². The zero-order valence-electron chi connectivity index (χ0n) is 13.3. The van der Waals surface area contributed by atoms with E-state index in [1.807, 2.05) is 19.9 Å². The van der Waals surface area contributed by atoms with E-state index in [0.29, 0.717) is 19.0 Å². The van der Waals surface area contributed by atoms with Crippen LogP contribution in [0, 0.1) is 37.5 Å². The summed E-state index contributed by atoms with van der Waals surface area (Å²) in [5, 5.41) is 3.11. The summed E-state index contributed by atoms with van der Waals surface area (Å²) >= 11 is 0. The fourth-order valence-corrected chi connectivity index (χ4v) is 4.27. The number of imide groups is 1. The highest BCUT2D eigenvalue weighted by Gasteiger charge is 2.58. The van der Waals surface area contributed by atoms with Crippen LogP contribution in [0.1, 0.15) is 17.8 Å². The highest BCUT2D eigenvalue weighted by molar-refractivity contribution is 6.06. The van der Waals surface area contributed by atoms with Crippen molar-refractivity contribution in [2.75, 3.05) is 18.4 Å². The van der Waals surface area contributed by atoms with Crippen molar-refractivity contribution in [3.05, 3.63) is 29.6 Å². The van der Waals surface area contributed by atoms with E-state index in [4.69, 9.17) is 0 Å². The first-order chi connectivity index (χ1) is 11.0. The molecule has 2 aliphatic carbocycles. The number of aromatic nitrogens is 2. The predicted molar refractivity (Wildman–Crippen MR) is 84.4 cm³/mol. The molecule has 2 fully saturated rings. The number of hydrogen-bond acceptors (Lipinski definition) is 5. The topological polar surface area (TPSA) is 75.2 Å². The first-order valence-corrected chi connectivity index (χ1v) is 8.14. The average molecular weight is 312 g/mol. The molecule has 1 aliphatic heterocycles. The maximum absolute atomic E-state index is 12.6. The number of carbonyl (C=O) groups is 2. The molecule has 4 unspecified atom stereocenters. The summed E-state index contributed by atoms with van der Waals surface area (Å²) in [6.07, 6.45) is 5.19. The second-order valence-corrected chi connectivity index (χ2v) is 6.73. The highest BCUT2D eigenvalue weighted by atomic mass is 16.2. The molecule has 120 valence electrons. The number of nitrogens with zero attached hydrogens (tertiary/aromatic N) is 3. The molecule has 1 aromatic rings. The number of carbonyl (C=O) groups excluding carboxylic acids is 2. The fourth-order valence-electron chi connectivity index (χ4n) is 4.27. The molecule has 6 heteroatoms. The van der Waals surface area contributed by atoms with Gasteiger partial charge in [-0.15, -0.1) is 0 Å². The van der Waals surface area contributed by atoms with Gasteiger partial charge in [0.2, 0.25) is 17.8 Å². The van der Waals surface area contributed by atoms with Crippen molar-refractivity contribution in [1.82, 2.24) is 14.9 Å². The van der Waals surface area contributed by atoms with Crippen LogP contribution in [0.15, 0.2) is 18.2 Å². The van der Waals surface area contributed by atoms with Crippen LogP contribution in [0.3, 0.4) is 0 Å². The maximum atomic E-state index is 12.6. The number of nitrogens with one attached hydrogen (secondary N) is 1. The molecule has 0 spiro atoms. The largest absolute Gasteiger partial charge is 0.352 e. The summed E-state index contributed by atoms with van der Waals surface area (Å²) in [6.45, 7) is 4.68. The lowest BCUT2D eigenvalue weighted by molar-refractivity contribution is -0.140. The fraction of sp³-hybridized carbons (Fsp3) is 0.529. The standard InChI is InChI=1S/C17H20N4O2/c1-9-7-10(2)20-17(19-9)18-5-6-21-15(22)13-11-3-4-12(8-11)14(13)16(21)23/h3-4,7,11-14H,5-6,8H2,1-2H3,(H,18,19,20). The normalized spacial score (nSPS) is 31.1. The summed E-state index contributed by atoms with van der Waals surface area (Å²) in [6, 6.07) is 1.91. The molecule has 23 heavy (non-hydrogen) atoms. The molecule has 1 saturated heterocycles. The molecule has 6 nitrogen and oxygen atoms in total. The molecular formula is C17H20N4O2. The molecule has 0 aromatic carbocycles. The van der Waals surface area contributed by atoms with E-state index in [2.05, 4.69) is 27.4 Å². The van der Waals surface area contributed by atoms with Gasteiger partial charge in [0.1, 0.15) is 0 Å². The van der Waals surface area contributed by atoms with Gasteiger partial charge in [0.25, 0.3) is 0 Å². The number of hydrogen-bond donors (Lipinski definition) is 1. The van der Waals surface area contributed by atoms with Crippen LogP contribution < -0.4 is 5.32 Å². The first kappa shape index (κ1) is 14.4. The molecule has 4 atom stereocenters. The van der Waals surface area contributed by atoms with Gasteiger partial charge in [-0.2, -0.15) is 0 Å². The molecule has 0 radical (unpaired) electrons. The first-order valence-electron chi connectivity index (χ1n) is 8.14. The number of aryl methyl sites for hydroxylation is 2. The molecular weight excluding hydrogens is 292 g/mol. The van der Waals surface area contributed by atoms with Gasteiger partial charge in [-0.1, -0.05) is 12.2 Å². The van der Waals surface area contributed by atoms with Crippen LogP contribution in [0.5, 0.6) is 0 Å². The number of fused-ring (bicyclic) bond motifs is 5. The zero-order chi connectivity index (χ0) is 16.1. The minimum absolute atomic E-state index is 0.00000819. The van der Waals surface area contributed by atoms with Gasteiger partial charge in [0.15, 0.2) is 0 Å². The lowest BCUT2D eigenvalue weighted by atomic mass is 9.85. The lowest BCUT2D eigenvalue weighted by Crippen LogP contribution is -2.36. The van der Waals surface area contributed by atoms with Gasteiger partial charge in [-0.25, -0.2) is 9.97 Å². The number of allylic oxidation sites excluding steroid dienone is 2. The van der Waals surface area contributed by atoms with E-state index in [0.717, 1.165) is 17.8 Å². The van der Waals surface area contributed by atoms with E-state index in [1.54, 1.807) is 0 Å². The summed E-state index contributed by atoms with van der Waals surface area (Å²) in [5.74, 6) is 0.845. The van der Waals surface area contributed by atoms with Gasteiger partial charge < -0.3 is 5.32 Å². The van der Waals surface area contributed by atoms with Gasteiger partial charge >= 0.3 is 0 Å². The second-order valence-electron chi connectivity index (χ2n) is 6.73. The number of likely N-dealkylation sites (tertiary alicyclic amines) is 1. The van der Waals surface area contributed by atoms with Crippen molar-refractivity contribution in [2.24, 2.45) is 23.7 Å². The SMILES string of the molecule is Cc1cc(C)nc(NCCN2C(=O)C3C4C=CC(C4)C3C2=O)n1. The maximum Gasteiger partial charge on any atom is 0.233 e. The molecule has 2 heterocycles. The Hall–Kier alpha value is -2.24. The van der Waals surface area contributed by atoms with Crippen LogP contribution >= 0.6 is 0 Å². The average Bonchev–Trinajstić information content (AvgIpc) is 3.15. The van der Waals surface area contributed by atoms with E-state index in [1.165, 1.54) is 4.90 Å². The van der Waals surface area contributed by atoms with Crippen LogP contribution in [-0.2, 0) is 9.59 Å². The number of amides is 2. The smallest absolute Gasteiger partial charge is 0.233 e. The lowest BCUT2D eigenvalue weighted by Gasteiger charge is -2.17. The Morgan fingerprint density at radius 3 is 2.22 bits per heavy atom. The Kier molecular flexibility index (Phi) is 3.21. The van der Waals surface area contributed by atoms with E-state index < -0.39 is 0 Å². The summed E-state index contributed by atoms with van der Waals surface area (Å²) in [7, 11) is 0. The predicted octanol–water partition coefficient (Wildman–Crippen LogP) is 1.31. The third-order valence-electron chi connectivity index (χ3n) is 5.16. The minimum Gasteiger partial charge on any atom is -0.352 e. The molecule has 1 aromatic heterocycles. The van der Waals surface area contributed by atoms with Gasteiger partial charge in [0.05, 0.1) is 11.8 Å². The van der Waals surface area contributed by atoms with Crippen molar-refractivity contribution < 1.29 is 9.59 Å². The number of anilines is 1. The molecule has 2 bridgehead atoms. The van der Waals surface area contributed by atoms with Crippen LogP contribution in [0.2, 0.25) is 0 Å². The van der Waals surface area contributed by atoms with E-state index in [-0.39, 0.29) is 35.5 Å². The van der Waals surface area contributed by atoms with E-state index >= 15 is 0 Å². The van der Waals surface area contributed by atoms with Crippen molar-refractivity contribution in [2.45, 2.75) is 20.3 Å². The summed E-state index contributed by atoms with van der Waals surface area (Å²) < 4.78 is 0. The second kappa shape index (κ2) is 5.15. The van der Waals surface area contributed by atoms with Crippen molar-refractivity contribution in [1.29, 1.82) is 0 Å². The molecule has 1 saturated carbocycles. The molecule has 4 rings (SSSR count). The molecule has 3 aliphatic rings. The Balaban J connectivity index is 1.40. The van der Waals surface area contributed by atoms with Crippen LogP contribution in [-0.4, -0.2) is 39.8 Å². The molecule has 1 N–H and O–H groups in total. The summed E-state index contributed by atoms with van der Waals surface area (Å²) in [5.41, 5.74) is 1.79. The Morgan fingerprint density at radius 2 is 1.65 bits per heavy atom. The van der Waals surface area contributed by atoms with Crippen LogP contribution in [0.25, 0.3) is 0 Å². The van der Waals surface area contributed by atoms with Crippen molar-refractivity contribution >= 4 is 17.8 Å². The quantitative estimate of drug-likeness (QED) is 0.670. The monoisotopic (exact) mass is 312 g/mol. The van der Waals surface area contributed by atoms with E-state index in [9.17, 15) is 9.59 Å². The Bertz CT molecular complexity index is 664. The third kappa shape index (κ3) is 2.24. The number of rotatable bonds is 4. The van der Waals surface area contributed by atoms with Crippen molar-refractivity contribution in [3.63, 3.8) is 0 Å².